The molecule has 0 aromatic carbocycles. The fourth-order valence-corrected chi connectivity index (χ4v) is 5.44. The maximum Gasteiger partial charge on any atom is 0.250 e. The average molecular weight is 689 g/mol. The molecule has 0 bridgehead atoms. The molecule has 6 amide bonds. The van der Waals surface area contributed by atoms with Crippen LogP contribution in [-0.2, 0) is 35.8 Å². The van der Waals surface area contributed by atoms with Gasteiger partial charge in [-0.3, -0.25) is 38.5 Å². The van der Waals surface area contributed by atoms with Crippen molar-refractivity contribution in [1.29, 1.82) is 0 Å². The number of imide groups is 1. The Kier molecular flexibility index (Phi) is 21.2. The summed E-state index contributed by atoms with van der Waals surface area (Å²) in [5, 5.41) is 0. The van der Waals surface area contributed by atoms with Crippen molar-refractivity contribution in [2.45, 2.75) is 97.8 Å². The molecule has 0 unspecified atom stereocenters. The van der Waals surface area contributed by atoms with Crippen molar-refractivity contribution in [3.05, 3.63) is 34.7 Å². The number of amides is 6. The Balaban J connectivity index is 0.000000294. The van der Waals surface area contributed by atoms with Crippen LogP contribution in [-0.4, -0.2) is 124 Å². The zero-order valence-electron chi connectivity index (χ0n) is 30.8. The van der Waals surface area contributed by atoms with E-state index in [1.807, 2.05) is 43.8 Å². The number of carbonyl (C=O) groups is 6. The minimum Gasteiger partial charge on any atom is -0.346 e. The molecule has 276 valence electrons. The molecule has 1 aromatic heterocycles. The molecule has 13 heteroatoms. The fourth-order valence-electron chi connectivity index (χ4n) is 5.44. The van der Waals surface area contributed by atoms with Crippen molar-refractivity contribution in [3.63, 3.8) is 0 Å². The molecule has 6 rings (SSSR count). The Hall–Kier alpha value is -4.03. The van der Waals surface area contributed by atoms with Gasteiger partial charge < -0.3 is 24.2 Å². The molecule has 0 N–H and O–H groups in total. The van der Waals surface area contributed by atoms with E-state index in [1.54, 1.807) is 36.0 Å². The van der Waals surface area contributed by atoms with E-state index < -0.39 is 0 Å². The highest BCUT2D eigenvalue weighted by Gasteiger charge is 2.26. The van der Waals surface area contributed by atoms with Crippen molar-refractivity contribution < 1.29 is 28.8 Å². The third kappa shape index (κ3) is 16.8. The number of likely N-dealkylation sites (tertiary alicyclic amines) is 5. The average Bonchev–Trinajstić information content (AvgIpc) is 3.79. The summed E-state index contributed by atoms with van der Waals surface area (Å²) < 4.78 is 1.53. The van der Waals surface area contributed by atoms with E-state index in [4.69, 9.17) is 0 Å². The van der Waals surface area contributed by atoms with Crippen molar-refractivity contribution in [1.82, 2.24) is 29.1 Å². The van der Waals surface area contributed by atoms with E-state index in [0.717, 1.165) is 90.6 Å². The highest BCUT2D eigenvalue weighted by molar-refractivity contribution is 6.01. The minimum absolute atomic E-state index is 0.0255. The smallest absolute Gasteiger partial charge is 0.250 e. The van der Waals surface area contributed by atoms with Crippen LogP contribution in [0.15, 0.2) is 29.2 Å². The topological polar surface area (TPSA) is 141 Å². The monoisotopic (exact) mass is 688 g/mol. The fraction of sp³-hybridized carbons (Fsp3) is 0.694. The number of carbonyl (C=O) groups excluding carboxylic acids is 6. The van der Waals surface area contributed by atoms with Gasteiger partial charge >= 0.3 is 0 Å². The third-order valence-corrected chi connectivity index (χ3v) is 8.70. The molecule has 1 aromatic rings. The SMILES string of the molecule is CCN1C(=O)CCC1=O.CCN1CCCC1=O.CCN1CCCCC1=O.CN1CCCC1=O.CN1CCCCC1=O.Cn1ccccc1=O. The van der Waals surface area contributed by atoms with Crippen LogP contribution in [0.3, 0.4) is 0 Å². The Morgan fingerprint density at radius 2 is 0.898 bits per heavy atom. The standard InChI is InChI=1S/C7H13NO.C6H9NO2.C6H11NO.C6H7NO.C6H11NO.C5H9NO/c1-2-8-6-4-3-5-7(8)9;1-2-7-5(8)3-4-6(7)9;2*1-7-5-3-2-4-6(7)8;1-2-7-5-3-4-6(7)8;1-6-4-2-3-5(6)7/h2-6H2,1H3;2-4H2,1H3;2-5H2,1H3;2-5H,1H3;2-5H2,1H3;2-4H2,1H3. The Morgan fingerprint density at radius 1 is 0.469 bits per heavy atom. The molecule has 0 saturated carbocycles. The quantitative estimate of drug-likeness (QED) is 0.445. The van der Waals surface area contributed by atoms with Crippen LogP contribution in [0.1, 0.15) is 97.8 Å². The summed E-state index contributed by atoms with van der Waals surface area (Å²) in [6.45, 7) is 12.0. The Labute approximate surface area is 292 Å². The zero-order valence-corrected chi connectivity index (χ0v) is 30.8. The maximum absolute atomic E-state index is 11.0. The largest absolute Gasteiger partial charge is 0.346 e. The minimum atomic E-state index is -0.0255. The van der Waals surface area contributed by atoms with Gasteiger partial charge in [-0.05, 0) is 65.4 Å². The van der Waals surface area contributed by atoms with Gasteiger partial charge in [0, 0.05) is 118 Å². The van der Waals surface area contributed by atoms with Gasteiger partial charge in [-0.1, -0.05) is 6.07 Å². The van der Waals surface area contributed by atoms with Crippen LogP contribution >= 0.6 is 0 Å². The molecule has 0 atom stereocenters. The van der Waals surface area contributed by atoms with Crippen molar-refractivity contribution >= 4 is 35.4 Å². The lowest BCUT2D eigenvalue weighted by Gasteiger charge is -2.24. The predicted molar refractivity (Wildman–Crippen MR) is 189 cm³/mol. The van der Waals surface area contributed by atoms with Crippen LogP contribution < -0.4 is 5.56 Å². The second-order valence-electron chi connectivity index (χ2n) is 12.4. The number of pyridine rings is 1. The number of hydrogen-bond acceptors (Lipinski definition) is 7. The number of nitrogens with zero attached hydrogens (tertiary/aromatic N) is 6. The van der Waals surface area contributed by atoms with Crippen LogP contribution in [0.2, 0.25) is 0 Å². The molecule has 5 saturated heterocycles. The molecule has 5 aliphatic rings. The normalized spacial score (nSPS) is 18.7. The van der Waals surface area contributed by atoms with Crippen LogP contribution in [0, 0.1) is 0 Å². The van der Waals surface area contributed by atoms with Crippen LogP contribution in [0.25, 0.3) is 0 Å². The number of rotatable bonds is 3. The molecular weight excluding hydrogens is 628 g/mol. The van der Waals surface area contributed by atoms with Gasteiger partial charge in [0.05, 0.1) is 0 Å². The van der Waals surface area contributed by atoms with Crippen molar-refractivity contribution in [3.8, 4) is 0 Å². The summed E-state index contributed by atoms with van der Waals surface area (Å²) >= 11 is 0. The van der Waals surface area contributed by atoms with Gasteiger partial charge in [-0.2, -0.15) is 0 Å². The van der Waals surface area contributed by atoms with Crippen molar-refractivity contribution in [2.75, 3.05) is 59.9 Å². The Morgan fingerprint density at radius 3 is 1.16 bits per heavy atom. The number of aryl methyl sites for hydroxylation is 1. The lowest BCUT2D eigenvalue weighted by atomic mass is 10.1. The van der Waals surface area contributed by atoms with Crippen LogP contribution in [0.4, 0.5) is 0 Å². The van der Waals surface area contributed by atoms with E-state index >= 15 is 0 Å². The Bertz CT molecular complexity index is 1250. The van der Waals surface area contributed by atoms with E-state index in [-0.39, 0.29) is 17.4 Å². The second kappa shape index (κ2) is 24.2. The number of aromatic nitrogens is 1. The molecule has 5 fully saturated rings. The summed E-state index contributed by atoms with van der Waals surface area (Å²) in [5.74, 6) is 1.21. The van der Waals surface area contributed by atoms with Gasteiger partial charge in [0.15, 0.2) is 0 Å². The third-order valence-electron chi connectivity index (χ3n) is 8.70. The summed E-state index contributed by atoms with van der Waals surface area (Å²) in [6.07, 6.45) is 12.3. The second-order valence-corrected chi connectivity index (χ2v) is 12.4. The molecule has 0 aliphatic carbocycles. The first-order valence-electron chi connectivity index (χ1n) is 17.8. The van der Waals surface area contributed by atoms with E-state index in [0.29, 0.717) is 43.0 Å². The highest BCUT2D eigenvalue weighted by atomic mass is 16.2. The summed E-state index contributed by atoms with van der Waals surface area (Å²) in [5.41, 5.74) is 0.0347. The predicted octanol–water partition coefficient (Wildman–Crippen LogP) is 3.06. The van der Waals surface area contributed by atoms with E-state index in [1.165, 1.54) is 28.4 Å². The molecule has 13 nitrogen and oxygen atoms in total. The van der Waals surface area contributed by atoms with Crippen molar-refractivity contribution in [2.24, 2.45) is 7.05 Å². The molecule has 6 heterocycles. The lowest BCUT2D eigenvalue weighted by Crippen LogP contribution is -2.34. The van der Waals surface area contributed by atoms with E-state index in [9.17, 15) is 33.6 Å². The van der Waals surface area contributed by atoms with Crippen LogP contribution in [0.5, 0.6) is 0 Å². The first kappa shape index (κ1) is 43.0. The summed E-state index contributed by atoms with van der Waals surface area (Å²) in [7, 11) is 5.43. The van der Waals surface area contributed by atoms with Gasteiger partial charge in [-0.15, -0.1) is 0 Å². The molecule has 0 radical (unpaired) electrons. The summed E-state index contributed by atoms with van der Waals surface area (Å²) in [6, 6.07) is 5.07. The lowest BCUT2D eigenvalue weighted by molar-refractivity contribution is -0.138. The first-order chi connectivity index (χ1) is 23.4. The number of piperidine rings is 2. The molecule has 0 spiro atoms. The van der Waals surface area contributed by atoms with Gasteiger partial charge in [-0.25, -0.2) is 0 Å². The molecule has 49 heavy (non-hydrogen) atoms. The van der Waals surface area contributed by atoms with E-state index in [2.05, 4.69) is 0 Å². The van der Waals surface area contributed by atoms with Gasteiger partial charge in [0.25, 0.3) is 0 Å². The van der Waals surface area contributed by atoms with Gasteiger partial charge in [0.2, 0.25) is 41.0 Å². The maximum atomic E-state index is 11.0. The zero-order chi connectivity index (χ0) is 36.8. The van der Waals surface area contributed by atoms with Gasteiger partial charge in [0.1, 0.15) is 0 Å². The molecular formula is C36H60N6O7. The summed E-state index contributed by atoms with van der Waals surface area (Å²) in [4.78, 5) is 83.6. The molecule has 5 aliphatic heterocycles. The highest BCUT2D eigenvalue weighted by Crippen LogP contribution is 2.11. The number of hydrogen-bond donors (Lipinski definition) is 0. The first-order valence-corrected chi connectivity index (χ1v) is 17.8.